The summed E-state index contributed by atoms with van der Waals surface area (Å²) in [6, 6.07) is 15.2. The fourth-order valence-corrected chi connectivity index (χ4v) is 3.27. The maximum absolute atomic E-state index is 13.2. The molecule has 0 aliphatic heterocycles. The molecule has 152 valence electrons. The van der Waals surface area contributed by atoms with Gasteiger partial charge in [-0.25, -0.2) is 9.67 Å². The fourth-order valence-electron chi connectivity index (χ4n) is 3.27. The molecule has 30 heavy (non-hydrogen) atoms. The first-order valence-electron chi connectivity index (χ1n) is 9.89. The van der Waals surface area contributed by atoms with E-state index in [2.05, 4.69) is 20.3 Å². The number of pyridine rings is 1. The minimum absolute atomic E-state index is 0.0508. The van der Waals surface area contributed by atoms with Gasteiger partial charge < -0.3 is 4.90 Å². The van der Waals surface area contributed by atoms with Gasteiger partial charge >= 0.3 is 0 Å². The highest BCUT2D eigenvalue weighted by Gasteiger charge is 2.19. The second-order valence-electron chi connectivity index (χ2n) is 6.86. The molecule has 0 N–H and O–H groups in total. The number of nitrogens with zero attached hydrogens (tertiary/aromatic N) is 7. The number of rotatable bonds is 7. The zero-order valence-electron chi connectivity index (χ0n) is 17.0. The van der Waals surface area contributed by atoms with Crippen molar-refractivity contribution >= 4 is 5.91 Å². The molecule has 0 spiro atoms. The summed E-state index contributed by atoms with van der Waals surface area (Å²) in [7, 11) is 0. The Morgan fingerprint density at radius 1 is 1.03 bits per heavy atom. The number of para-hydroxylation sites is 1. The Morgan fingerprint density at radius 2 is 1.83 bits per heavy atom. The molecular formula is C22H23N7O. The van der Waals surface area contributed by atoms with E-state index >= 15 is 0 Å². The van der Waals surface area contributed by atoms with Crippen molar-refractivity contribution in [2.45, 2.75) is 20.3 Å². The standard InChI is InChI=1S/C22H23N7O/c1-3-27(22(30)19-8-4-5-9-20(19)29-23-13-14-24-29)15-11-18-12-16-28(26-18)21-10-6-7-17(2)25-21/h4-10,12-14,16H,3,11,15H2,1-2H3. The minimum atomic E-state index is -0.0508. The Morgan fingerprint density at radius 3 is 2.60 bits per heavy atom. The van der Waals surface area contributed by atoms with E-state index in [9.17, 15) is 4.79 Å². The van der Waals surface area contributed by atoms with E-state index in [1.165, 1.54) is 4.80 Å². The van der Waals surface area contributed by atoms with Crippen LogP contribution in [0.4, 0.5) is 0 Å². The average Bonchev–Trinajstić information content (AvgIpc) is 3.46. The third-order valence-electron chi connectivity index (χ3n) is 4.83. The first kappa shape index (κ1) is 19.5. The first-order valence-corrected chi connectivity index (χ1v) is 9.89. The summed E-state index contributed by atoms with van der Waals surface area (Å²) in [5.41, 5.74) is 3.09. The second kappa shape index (κ2) is 8.69. The summed E-state index contributed by atoms with van der Waals surface area (Å²) in [6.45, 7) is 5.09. The van der Waals surface area contributed by atoms with E-state index in [1.54, 1.807) is 17.1 Å². The van der Waals surface area contributed by atoms with E-state index < -0.39 is 0 Å². The third-order valence-corrected chi connectivity index (χ3v) is 4.83. The van der Waals surface area contributed by atoms with Crippen molar-refractivity contribution in [1.29, 1.82) is 0 Å². The van der Waals surface area contributed by atoms with E-state index in [0.29, 0.717) is 30.8 Å². The fraction of sp³-hybridized carbons (Fsp3) is 0.227. The lowest BCUT2D eigenvalue weighted by atomic mass is 10.1. The van der Waals surface area contributed by atoms with Crippen molar-refractivity contribution in [3.8, 4) is 11.5 Å². The van der Waals surface area contributed by atoms with E-state index in [4.69, 9.17) is 0 Å². The van der Waals surface area contributed by atoms with Crippen LogP contribution in [0.25, 0.3) is 11.5 Å². The van der Waals surface area contributed by atoms with Gasteiger partial charge in [0.1, 0.15) is 0 Å². The highest BCUT2D eigenvalue weighted by Crippen LogP contribution is 2.15. The van der Waals surface area contributed by atoms with Crippen molar-refractivity contribution in [3.63, 3.8) is 0 Å². The number of hydrogen-bond acceptors (Lipinski definition) is 5. The van der Waals surface area contributed by atoms with Crippen LogP contribution in [-0.4, -0.2) is 53.7 Å². The predicted molar refractivity (Wildman–Crippen MR) is 113 cm³/mol. The summed E-state index contributed by atoms with van der Waals surface area (Å²) >= 11 is 0. The van der Waals surface area contributed by atoms with Crippen molar-refractivity contribution in [2.75, 3.05) is 13.1 Å². The van der Waals surface area contributed by atoms with E-state index in [1.807, 2.05) is 73.5 Å². The Bertz CT molecular complexity index is 1130. The number of aryl methyl sites for hydroxylation is 1. The summed E-state index contributed by atoms with van der Waals surface area (Å²) in [6.07, 6.45) is 5.74. The van der Waals surface area contributed by atoms with Gasteiger partial charge in [-0.3, -0.25) is 4.79 Å². The molecule has 1 amide bonds. The highest BCUT2D eigenvalue weighted by molar-refractivity contribution is 5.97. The molecule has 4 aromatic rings. The number of hydrogen-bond donors (Lipinski definition) is 0. The Balaban J connectivity index is 1.48. The highest BCUT2D eigenvalue weighted by atomic mass is 16.2. The van der Waals surface area contributed by atoms with Crippen LogP contribution in [0.1, 0.15) is 28.7 Å². The number of aromatic nitrogens is 6. The minimum Gasteiger partial charge on any atom is -0.338 e. The van der Waals surface area contributed by atoms with Crippen LogP contribution in [0.3, 0.4) is 0 Å². The van der Waals surface area contributed by atoms with Gasteiger partial charge in [0.05, 0.1) is 29.3 Å². The zero-order valence-corrected chi connectivity index (χ0v) is 17.0. The van der Waals surface area contributed by atoms with Crippen LogP contribution < -0.4 is 0 Å². The maximum atomic E-state index is 13.2. The molecule has 0 bridgehead atoms. The van der Waals surface area contributed by atoms with Gasteiger partial charge in [0.15, 0.2) is 5.82 Å². The van der Waals surface area contributed by atoms with E-state index in [0.717, 1.165) is 17.2 Å². The van der Waals surface area contributed by atoms with Crippen LogP contribution in [0.2, 0.25) is 0 Å². The van der Waals surface area contributed by atoms with Crippen molar-refractivity contribution in [1.82, 2.24) is 34.7 Å². The van der Waals surface area contributed by atoms with Crippen LogP contribution in [0.5, 0.6) is 0 Å². The van der Waals surface area contributed by atoms with Crippen LogP contribution >= 0.6 is 0 Å². The lowest BCUT2D eigenvalue weighted by Gasteiger charge is -2.21. The normalized spacial score (nSPS) is 10.9. The van der Waals surface area contributed by atoms with Crippen molar-refractivity contribution in [3.05, 3.63) is 84.1 Å². The Labute approximate surface area is 174 Å². The average molecular weight is 401 g/mol. The van der Waals surface area contributed by atoms with E-state index in [-0.39, 0.29) is 5.91 Å². The van der Waals surface area contributed by atoms with Gasteiger partial charge in [-0.2, -0.15) is 20.1 Å². The molecule has 3 aromatic heterocycles. The number of likely N-dealkylation sites (N-methyl/N-ethyl adjacent to an activating group) is 1. The van der Waals surface area contributed by atoms with Crippen LogP contribution in [0, 0.1) is 6.92 Å². The summed E-state index contributed by atoms with van der Waals surface area (Å²) < 4.78 is 1.76. The monoisotopic (exact) mass is 401 g/mol. The van der Waals surface area contributed by atoms with Gasteiger partial charge in [-0.05, 0) is 44.2 Å². The number of amides is 1. The van der Waals surface area contributed by atoms with Gasteiger partial charge in [-0.15, -0.1) is 0 Å². The Hall–Kier alpha value is -3.81. The number of carbonyl (C=O) groups is 1. The smallest absolute Gasteiger partial charge is 0.256 e. The molecule has 8 nitrogen and oxygen atoms in total. The summed E-state index contributed by atoms with van der Waals surface area (Å²) in [4.78, 5) is 21.0. The Kier molecular flexibility index (Phi) is 5.65. The van der Waals surface area contributed by atoms with Gasteiger partial charge in [-0.1, -0.05) is 18.2 Å². The molecule has 4 rings (SSSR count). The zero-order chi connectivity index (χ0) is 20.9. The lowest BCUT2D eigenvalue weighted by Crippen LogP contribution is -2.33. The van der Waals surface area contributed by atoms with Crippen molar-refractivity contribution in [2.24, 2.45) is 0 Å². The SMILES string of the molecule is CCN(CCc1ccn(-c2cccc(C)n2)n1)C(=O)c1ccccc1-n1nccn1. The number of benzene rings is 1. The molecule has 1 aromatic carbocycles. The largest absolute Gasteiger partial charge is 0.338 e. The van der Waals surface area contributed by atoms with Crippen molar-refractivity contribution < 1.29 is 4.79 Å². The molecule has 8 heteroatoms. The molecule has 0 aliphatic carbocycles. The molecule has 0 radical (unpaired) electrons. The number of carbonyl (C=O) groups excluding carboxylic acids is 1. The molecular weight excluding hydrogens is 378 g/mol. The van der Waals surface area contributed by atoms with Gasteiger partial charge in [0.25, 0.3) is 5.91 Å². The van der Waals surface area contributed by atoms with Crippen LogP contribution in [0.15, 0.2) is 67.1 Å². The summed E-state index contributed by atoms with van der Waals surface area (Å²) in [5.74, 6) is 0.732. The summed E-state index contributed by atoms with van der Waals surface area (Å²) in [5, 5.41) is 12.9. The molecule has 0 atom stereocenters. The molecule has 3 heterocycles. The molecule has 0 saturated heterocycles. The molecule has 0 fully saturated rings. The molecule has 0 saturated carbocycles. The van der Waals surface area contributed by atoms with Gasteiger partial charge in [0, 0.05) is 31.4 Å². The lowest BCUT2D eigenvalue weighted by molar-refractivity contribution is 0.0765. The third kappa shape index (κ3) is 4.12. The van der Waals surface area contributed by atoms with Gasteiger partial charge in [0.2, 0.25) is 0 Å². The second-order valence-corrected chi connectivity index (χ2v) is 6.86. The maximum Gasteiger partial charge on any atom is 0.256 e. The quantitative estimate of drug-likeness (QED) is 0.476. The first-order chi connectivity index (χ1) is 14.7. The molecule has 0 unspecified atom stereocenters. The van der Waals surface area contributed by atoms with Crippen LogP contribution in [-0.2, 0) is 6.42 Å². The molecule has 0 aliphatic rings. The topological polar surface area (TPSA) is 81.7 Å². The predicted octanol–water partition coefficient (Wildman–Crippen LogP) is 2.86.